The van der Waals surface area contributed by atoms with Crippen molar-refractivity contribution in [2.24, 2.45) is 35.1 Å². The Bertz CT molecular complexity index is 3720. The number of alkyl carbamates (subject to hydrolysis) is 2. The first-order chi connectivity index (χ1) is 51.7. The van der Waals surface area contributed by atoms with Crippen LogP contribution in [0, 0.1) is 23.7 Å². The Balaban J connectivity index is 0.000000367. The Labute approximate surface area is 690 Å². The van der Waals surface area contributed by atoms with Gasteiger partial charge in [0.1, 0.15) is 45.4 Å². The molecule has 0 unspecified atom stereocenters. The first-order valence-corrected chi connectivity index (χ1v) is 41.1. The second kappa shape index (κ2) is 42.9. The lowest BCUT2D eigenvalue weighted by atomic mass is 9.59. The number of aromatic hydroxyl groups is 2. The number of carbonyl (C=O) groups is 5. The number of hydrogen-bond donors (Lipinski definition) is 6. The smallest absolute Gasteiger partial charge is 0.508 e. The van der Waals surface area contributed by atoms with E-state index in [-0.39, 0.29) is 81.7 Å². The van der Waals surface area contributed by atoms with Gasteiger partial charge in [0.2, 0.25) is 6.29 Å². The van der Waals surface area contributed by atoms with Gasteiger partial charge in [-0.25, -0.2) is 19.2 Å². The molecule has 0 aliphatic heterocycles. The van der Waals surface area contributed by atoms with Crippen molar-refractivity contribution in [3.8, 4) is 23.0 Å². The van der Waals surface area contributed by atoms with Gasteiger partial charge in [-0.15, -0.1) is 0 Å². The van der Waals surface area contributed by atoms with E-state index in [0.717, 1.165) is 82.3 Å². The van der Waals surface area contributed by atoms with Crippen LogP contribution in [0.4, 0.5) is 32.3 Å². The third kappa shape index (κ3) is 28.8. The Morgan fingerprint density at radius 2 is 0.696 bits per heavy atom. The van der Waals surface area contributed by atoms with Crippen LogP contribution in [0.1, 0.15) is 327 Å². The number of benzene rings is 4. The predicted octanol–water partition coefficient (Wildman–Crippen LogP) is 23.1. The van der Waals surface area contributed by atoms with E-state index in [9.17, 15) is 42.6 Å². The molecule has 8 aliphatic carbocycles. The summed E-state index contributed by atoms with van der Waals surface area (Å²) in [6, 6.07) is 25.5. The standard InChI is InChI=1S/C23H35NO3.C21H31NO3.C18H27NO.C16H23NO.C10H18O5.C2HF3O.4CH4/c1-6-26-18-12-11-16-14-17-10-8-7-9-13-23(5,19(16)15-18)20(17)24-21(25)27-22(2,3)4;1-20(2,3)25-19(24)22-18-15-8-6-5-7-11-21(18,4)17-13-16(23)10-9-14(17)12-15;1-3-20-15-9-8-13-11-14-7-5-4-6-10-18(2,17(14)19)16(13)12-15;1-16-8-4-2-3-5-12(15(16)17)9-11-6-7-13(18)10-14(11)16;1-9(2,3)14-7(11)13-8(12)15-10(4,5)6;3-2(4,5)1-6;;;;/h11-12,15,17,20H,6-10,13-14H2,1-5H3,(H,24,25);9-10,13,15,18,23H,5-8,11-12H2,1-4H3,(H,22,24);8-9,12,14,17H,3-7,10-11,19H2,1-2H3;6-7,10,12,15,18H,2-5,8-9,17H2,1H3;1-6H3;1H;4*1H4/t17-,20-,23+;15-,18-,21+;14-,17-,18+;12-,15-,16+;;;;;;/m0000....../s1. The number of rotatable bonds is 6. The number of hydrogen-bond acceptors (Lipinski definition) is 16. The molecule has 4 saturated carbocycles. The number of ether oxygens (including phenoxy) is 7. The van der Waals surface area contributed by atoms with E-state index < -0.39 is 47.2 Å². The molecule has 12 atom stereocenters. The normalized spacial score (nSPS) is 26.3. The minimum Gasteiger partial charge on any atom is -0.508 e. The minimum atomic E-state index is -4.64. The number of alkyl halides is 3. The molecule has 0 heterocycles. The SMILES string of the molecule is C.C.C.C.CC(C)(C)OC(=O)N[C@H]1[C@H]2CCCCC[C@]1(C)c1cc(O)ccc1C2.CC(C)(C)OC(=O)OC(=O)OC(C)(C)C.CCOc1ccc2c(c1)[C@@]1(C)CCCCC[C@@H](C2)[C@@H]1N.CCOc1ccc2c(c1)[C@@]1(C)CCCCC[C@@H](C2)[C@@H]1NC(=O)OC(C)(C)C.C[C@@]12CCCCC[C@@H](Cc3ccc(O)cc31)[C@@H]2N.O=CC(F)(F)F. The number of carbonyl (C=O) groups excluding carboxylic acids is 5. The first-order valence-electron chi connectivity index (χ1n) is 41.1. The molecule has 12 rings (SSSR count). The lowest BCUT2D eigenvalue weighted by molar-refractivity contribution is -0.156. The molecular formula is C94H151F3N4O14. The van der Waals surface area contributed by atoms with Crippen molar-refractivity contribution in [2.45, 2.75) is 383 Å². The number of nitrogens with two attached hydrogens (primary N) is 2. The fourth-order valence-electron chi connectivity index (χ4n) is 18.6. The van der Waals surface area contributed by atoms with Crippen LogP contribution < -0.4 is 31.6 Å². The van der Waals surface area contributed by atoms with Crippen LogP contribution >= 0.6 is 0 Å². The van der Waals surface area contributed by atoms with Crippen LogP contribution in [0.3, 0.4) is 0 Å². The van der Waals surface area contributed by atoms with Crippen LogP contribution in [-0.2, 0) is 75.8 Å². The number of aldehydes is 1. The molecule has 21 heteroatoms. The molecule has 18 nitrogen and oxygen atoms in total. The molecule has 115 heavy (non-hydrogen) atoms. The van der Waals surface area contributed by atoms with Crippen LogP contribution in [0.15, 0.2) is 72.8 Å². The summed E-state index contributed by atoms with van der Waals surface area (Å²) in [5, 5.41) is 26.3. The van der Waals surface area contributed by atoms with Crippen LogP contribution in [0.25, 0.3) is 0 Å². The fourth-order valence-corrected chi connectivity index (χ4v) is 18.6. The van der Waals surface area contributed by atoms with Crippen molar-refractivity contribution >= 4 is 30.8 Å². The van der Waals surface area contributed by atoms with Crippen molar-refractivity contribution in [1.29, 1.82) is 0 Å². The number of halogens is 3. The average molecular weight is 1620 g/mol. The molecule has 0 radical (unpaired) electrons. The zero-order valence-corrected chi connectivity index (χ0v) is 70.1. The molecule has 4 fully saturated rings. The van der Waals surface area contributed by atoms with Gasteiger partial charge in [-0.05, 0) is 291 Å². The van der Waals surface area contributed by atoms with Crippen LogP contribution in [0.2, 0.25) is 0 Å². The maximum atomic E-state index is 12.6. The van der Waals surface area contributed by atoms with E-state index in [4.69, 9.17) is 44.7 Å². The van der Waals surface area contributed by atoms with E-state index in [1.54, 1.807) is 47.6 Å². The highest BCUT2D eigenvalue weighted by molar-refractivity contribution is 5.77. The number of fused-ring (bicyclic) bond motifs is 16. The van der Waals surface area contributed by atoms with Crippen molar-refractivity contribution in [2.75, 3.05) is 13.2 Å². The molecule has 0 spiro atoms. The third-order valence-electron chi connectivity index (χ3n) is 23.7. The summed E-state index contributed by atoms with van der Waals surface area (Å²) in [6.07, 6.45) is 20.2. The van der Waals surface area contributed by atoms with Gasteiger partial charge in [-0.3, -0.25) is 4.79 Å². The highest BCUT2D eigenvalue weighted by Gasteiger charge is 2.50. The van der Waals surface area contributed by atoms with Crippen molar-refractivity contribution in [3.05, 3.63) is 117 Å². The summed E-state index contributed by atoms with van der Waals surface area (Å²) in [5.41, 5.74) is 21.7. The summed E-state index contributed by atoms with van der Waals surface area (Å²) < 4.78 is 67.7. The molecule has 0 saturated heterocycles. The average Bonchev–Trinajstić information content (AvgIpc) is 0.761. The zero-order valence-electron chi connectivity index (χ0n) is 70.1. The first kappa shape index (κ1) is 102. The molecule has 652 valence electrons. The van der Waals surface area contributed by atoms with Gasteiger partial charge in [-0.2, -0.15) is 13.2 Å². The number of nitrogens with one attached hydrogen (secondary N) is 2. The topological polar surface area (TPSA) is 267 Å². The molecule has 8 bridgehead atoms. The van der Waals surface area contributed by atoms with Gasteiger partial charge in [0.25, 0.3) is 0 Å². The summed E-state index contributed by atoms with van der Waals surface area (Å²) in [4.78, 5) is 55.8. The van der Waals surface area contributed by atoms with Gasteiger partial charge in [-0.1, -0.05) is 159 Å². The molecule has 4 aromatic carbocycles. The third-order valence-corrected chi connectivity index (χ3v) is 23.7. The maximum Gasteiger partial charge on any atom is 0.519 e. The van der Waals surface area contributed by atoms with Crippen LogP contribution in [0.5, 0.6) is 23.0 Å². The quantitative estimate of drug-likeness (QED) is 0.0453. The van der Waals surface area contributed by atoms with Crippen molar-refractivity contribution in [3.63, 3.8) is 0 Å². The second-order valence-corrected chi connectivity index (χ2v) is 37.1. The van der Waals surface area contributed by atoms with E-state index in [1.807, 2.05) is 73.6 Å². The zero-order chi connectivity index (χ0) is 82.3. The van der Waals surface area contributed by atoms with E-state index in [1.165, 1.54) is 134 Å². The number of phenols is 2. The molecule has 2 amide bonds. The van der Waals surface area contributed by atoms with Gasteiger partial charge >= 0.3 is 30.7 Å². The maximum absolute atomic E-state index is 12.6. The van der Waals surface area contributed by atoms with Gasteiger partial charge in [0, 0.05) is 45.8 Å². The van der Waals surface area contributed by atoms with E-state index in [2.05, 4.69) is 91.6 Å². The van der Waals surface area contributed by atoms with Crippen LogP contribution in [-0.4, -0.2) is 107 Å². The monoisotopic (exact) mass is 1620 g/mol. The highest BCUT2D eigenvalue weighted by atomic mass is 19.4. The Hall–Kier alpha value is -7.26. The molecular weight excluding hydrogens is 1470 g/mol. The lowest BCUT2D eigenvalue weighted by Crippen LogP contribution is -2.57. The minimum absolute atomic E-state index is 0. The second-order valence-electron chi connectivity index (χ2n) is 37.1. The molecule has 0 aromatic heterocycles. The summed E-state index contributed by atoms with van der Waals surface area (Å²) in [5.74, 6) is 4.74. The Morgan fingerprint density at radius 1 is 0.426 bits per heavy atom. The molecule has 8 N–H and O–H groups in total. The highest BCUT2D eigenvalue weighted by Crippen LogP contribution is 2.52. The van der Waals surface area contributed by atoms with Crippen molar-refractivity contribution < 1.29 is 80.5 Å². The number of amides is 2. The summed E-state index contributed by atoms with van der Waals surface area (Å²) in [7, 11) is 0. The molecule has 4 aromatic rings. The van der Waals surface area contributed by atoms with Gasteiger partial charge in [0.15, 0.2) is 0 Å². The van der Waals surface area contributed by atoms with E-state index in [0.29, 0.717) is 47.8 Å². The summed E-state index contributed by atoms with van der Waals surface area (Å²) in [6.45, 7) is 36.1. The molecule has 8 aliphatic rings. The summed E-state index contributed by atoms with van der Waals surface area (Å²) >= 11 is 0. The Kier molecular flexibility index (Phi) is 38.0. The largest absolute Gasteiger partial charge is 0.519 e. The number of phenolic OH excluding ortho intramolecular Hbond substituents is 2. The van der Waals surface area contributed by atoms with Gasteiger partial charge < -0.3 is 65.5 Å². The Morgan fingerprint density at radius 3 is 1.00 bits per heavy atom. The van der Waals surface area contributed by atoms with Gasteiger partial charge in [0.05, 0.1) is 13.2 Å². The van der Waals surface area contributed by atoms with Crippen molar-refractivity contribution in [1.82, 2.24) is 10.6 Å². The lowest BCUT2D eigenvalue weighted by Gasteiger charge is -2.49. The van der Waals surface area contributed by atoms with E-state index >= 15 is 0 Å². The fraction of sp³-hybridized carbons (Fsp3) is 0.691. The predicted molar refractivity (Wildman–Crippen MR) is 457 cm³/mol.